The molecule has 0 bridgehead atoms. The summed E-state index contributed by atoms with van der Waals surface area (Å²) in [7, 11) is 0. The van der Waals surface area contributed by atoms with E-state index in [1.165, 1.54) is 0 Å². The second-order valence-electron chi connectivity index (χ2n) is 3.28. The molecule has 1 rings (SSSR count). The van der Waals surface area contributed by atoms with Crippen LogP contribution in [0.25, 0.3) is 0 Å². The first-order valence-corrected chi connectivity index (χ1v) is 6.31. The largest absolute Gasteiger partial charge is 0.367 e. The molecule has 84 valence electrons. The zero-order chi connectivity index (χ0) is 11.3. The zero-order valence-electron chi connectivity index (χ0n) is 8.63. The Balaban J connectivity index is 2.53. The molecule has 1 aromatic heterocycles. The van der Waals surface area contributed by atoms with Gasteiger partial charge in [-0.2, -0.15) is 16.7 Å². The van der Waals surface area contributed by atoms with Crippen LogP contribution in [0.3, 0.4) is 0 Å². The van der Waals surface area contributed by atoms with Crippen molar-refractivity contribution in [2.45, 2.75) is 6.92 Å². The third-order valence-electron chi connectivity index (χ3n) is 1.78. The Morgan fingerprint density at radius 1 is 1.67 bits per heavy atom. The monoisotopic (exact) mass is 249 g/mol. The Hall–Kier alpha value is -0.550. The predicted molar refractivity (Wildman–Crippen MR) is 63.0 cm³/mol. The number of aromatic nitrogens is 2. The van der Waals surface area contributed by atoms with Gasteiger partial charge < -0.3 is 5.32 Å². The minimum absolute atomic E-state index is 0.0522. The Morgan fingerprint density at radius 2 is 2.40 bits per heavy atom. The van der Waals surface area contributed by atoms with Crippen molar-refractivity contribution in [3.63, 3.8) is 0 Å². The van der Waals surface area contributed by atoms with Crippen molar-refractivity contribution in [3.05, 3.63) is 17.3 Å². The van der Waals surface area contributed by atoms with E-state index in [2.05, 4.69) is 22.2 Å². The number of halogens is 2. The van der Waals surface area contributed by atoms with Gasteiger partial charge in [0, 0.05) is 6.54 Å². The van der Waals surface area contributed by atoms with Crippen LogP contribution in [0.2, 0.25) is 5.28 Å². The lowest BCUT2D eigenvalue weighted by Gasteiger charge is -2.11. The predicted octanol–water partition coefficient (Wildman–Crippen LogP) is 2.68. The first-order valence-electron chi connectivity index (χ1n) is 4.54. The van der Waals surface area contributed by atoms with Gasteiger partial charge in [0.25, 0.3) is 0 Å². The molecule has 15 heavy (non-hydrogen) atoms. The van der Waals surface area contributed by atoms with Gasteiger partial charge in [-0.1, -0.05) is 6.92 Å². The fourth-order valence-electron chi connectivity index (χ4n) is 1.08. The molecule has 1 heterocycles. The van der Waals surface area contributed by atoms with E-state index in [0.717, 1.165) is 11.9 Å². The van der Waals surface area contributed by atoms with Gasteiger partial charge in [0.05, 0.1) is 6.20 Å². The van der Waals surface area contributed by atoms with Gasteiger partial charge in [0.2, 0.25) is 5.28 Å². The Bertz CT molecular complexity index is 324. The summed E-state index contributed by atoms with van der Waals surface area (Å²) in [5.74, 6) is 1.17. The number of anilines is 1. The second-order valence-corrected chi connectivity index (χ2v) is 4.53. The summed E-state index contributed by atoms with van der Waals surface area (Å²) in [6, 6.07) is 0. The highest BCUT2D eigenvalue weighted by Gasteiger charge is 2.07. The normalized spacial score (nSPS) is 12.5. The molecular formula is C9H13ClFN3S. The number of hydrogen-bond acceptors (Lipinski definition) is 4. The summed E-state index contributed by atoms with van der Waals surface area (Å²) >= 11 is 7.32. The van der Waals surface area contributed by atoms with Crippen molar-refractivity contribution in [2.24, 2.45) is 5.92 Å². The van der Waals surface area contributed by atoms with E-state index in [4.69, 9.17) is 11.6 Å². The van der Waals surface area contributed by atoms with Gasteiger partial charge in [-0.25, -0.2) is 9.37 Å². The molecule has 0 radical (unpaired) electrons. The molecule has 3 nitrogen and oxygen atoms in total. The van der Waals surface area contributed by atoms with Crippen LogP contribution < -0.4 is 5.32 Å². The summed E-state index contributed by atoms with van der Waals surface area (Å²) < 4.78 is 13.2. The zero-order valence-corrected chi connectivity index (χ0v) is 10.2. The summed E-state index contributed by atoms with van der Waals surface area (Å²) in [6.45, 7) is 2.76. The Labute approximate surface area is 97.8 Å². The van der Waals surface area contributed by atoms with Gasteiger partial charge in [-0.3, -0.25) is 0 Å². The molecule has 0 saturated carbocycles. The van der Waals surface area contributed by atoms with Gasteiger partial charge in [0.15, 0.2) is 11.6 Å². The highest BCUT2D eigenvalue weighted by Crippen LogP contribution is 2.13. The van der Waals surface area contributed by atoms with Crippen molar-refractivity contribution in [1.29, 1.82) is 0 Å². The molecule has 1 unspecified atom stereocenters. The molecule has 0 aromatic carbocycles. The van der Waals surface area contributed by atoms with Crippen molar-refractivity contribution < 1.29 is 4.39 Å². The van der Waals surface area contributed by atoms with E-state index in [1.54, 1.807) is 11.8 Å². The number of thioether (sulfide) groups is 1. The molecule has 0 aliphatic carbocycles. The summed E-state index contributed by atoms with van der Waals surface area (Å²) in [5, 5.41) is 2.97. The molecule has 0 spiro atoms. The second kappa shape index (κ2) is 6.12. The average molecular weight is 250 g/mol. The van der Waals surface area contributed by atoms with Gasteiger partial charge >= 0.3 is 0 Å². The average Bonchev–Trinajstić information content (AvgIpc) is 2.20. The molecule has 1 aromatic rings. The maximum Gasteiger partial charge on any atom is 0.224 e. The van der Waals surface area contributed by atoms with Crippen molar-refractivity contribution in [2.75, 3.05) is 23.9 Å². The third-order valence-corrected chi connectivity index (χ3v) is 2.87. The van der Waals surface area contributed by atoms with Crippen LogP contribution in [0.4, 0.5) is 10.2 Å². The van der Waals surface area contributed by atoms with Crippen LogP contribution in [-0.2, 0) is 0 Å². The molecule has 0 aliphatic heterocycles. The van der Waals surface area contributed by atoms with E-state index in [0.29, 0.717) is 12.5 Å². The first kappa shape index (κ1) is 12.5. The fourth-order valence-corrected chi connectivity index (χ4v) is 1.90. The lowest BCUT2D eigenvalue weighted by Crippen LogP contribution is -2.15. The highest BCUT2D eigenvalue weighted by molar-refractivity contribution is 7.98. The van der Waals surface area contributed by atoms with Crippen LogP contribution in [0.5, 0.6) is 0 Å². The minimum atomic E-state index is -0.476. The Morgan fingerprint density at radius 3 is 3.07 bits per heavy atom. The first-order chi connectivity index (χ1) is 7.13. The maximum absolute atomic E-state index is 13.2. The number of hydrogen-bond donors (Lipinski definition) is 1. The number of rotatable bonds is 5. The maximum atomic E-state index is 13.2. The van der Waals surface area contributed by atoms with E-state index in [-0.39, 0.29) is 11.1 Å². The van der Waals surface area contributed by atoms with Crippen LogP contribution in [0, 0.1) is 11.7 Å². The lowest BCUT2D eigenvalue weighted by molar-refractivity contribution is 0.611. The number of nitrogens with one attached hydrogen (secondary N) is 1. The molecule has 1 atom stereocenters. The molecule has 0 saturated heterocycles. The van der Waals surface area contributed by atoms with Crippen molar-refractivity contribution >= 4 is 29.2 Å². The lowest BCUT2D eigenvalue weighted by atomic mass is 10.2. The van der Waals surface area contributed by atoms with Crippen molar-refractivity contribution in [1.82, 2.24) is 9.97 Å². The van der Waals surface area contributed by atoms with Crippen LogP contribution >= 0.6 is 23.4 Å². The quantitative estimate of drug-likeness (QED) is 0.815. The standard InChI is InChI=1S/C9H13ClFN3S/c1-6(5-15-2)3-12-8-7(11)4-13-9(10)14-8/h4,6H,3,5H2,1-2H3,(H,12,13,14). The smallest absolute Gasteiger partial charge is 0.224 e. The van der Waals surface area contributed by atoms with Crippen LogP contribution in [0.15, 0.2) is 6.20 Å². The van der Waals surface area contributed by atoms with Gasteiger partial charge in [-0.15, -0.1) is 0 Å². The summed E-state index contributed by atoms with van der Waals surface area (Å²) in [6.07, 6.45) is 3.11. The van der Waals surface area contributed by atoms with Gasteiger partial charge in [-0.05, 0) is 29.5 Å². The molecule has 0 aliphatic rings. The highest BCUT2D eigenvalue weighted by atomic mass is 35.5. The van der Waals surface area contributed by atoms with Crippen molar-refractivity contribution in [3.8, 4) is 0 Å². The summed E-state index contributed by atoms with van der Waals surface area (Å²) in [4.78, 5) is 7.30. The van der Waals surface area contributed by atoms with E-state index >= 15 is 0 Å². The van der Waals surface area contributed by atoms with Gasteiger partial charge in [0.1, 0.15) is 0 Å². The molecule has 0 fully saturated rings. The topological polar surface area (TPSA) is 37.8 Å². The fraction of sp³-hybridized carbons (Fsp3) is 0.556. The minimum Gasteiger partial charge on any atom is -0.367 e. The molecule has 1 N–H and O–H groups in total. The number of nitrogens with zero attached hydrogens (tertiary/aromatic N) is 2. The van der Waals surface area contributed by atoms with E-state index in [9.17, 15) is 4.39 Å². The summed E-state index contributed by atoms with van der Waals surface area (Å²) in [5.41, 5.74) is 0. The van der Waals surface area contributed by atoms with E-state index in [1.807, 2.05) is 6.26 Å². The van der Waals surface area contributed by atoms with Crippen LogP contribution in [-0.4, -0.2) is 28.5 Å². The van der Waals surface area contributed by atoms with Crippen LogP contribution in [0.1, 0.15) is 6.92 Å². The Kier molecular flexibility index (Phi) is 5.11. The third kappa shape index (κ3) is 4.22. The SMILES string of the molecule is CSCC(C)CNc1nc(Cl)ncc1F. The van der Waals surface area contributed by atoms with E-state index < -0.39 is 5.82 Å². The molecule has 6 heteroatoms. The molecule has 0 amide bonds. The molecular weight excluding hydrogens is 237 g/mol.